The Kier molecular flexibility index (Phi) is 5.73. The Labute approximate surface area is 185 Å². The van der Waals surface area contributed by atoms with Gasteiger partial charge in [-0.25, -0.2) is 14.2 Å². The van der Waals surface area contributed by atoms with Crippen LogP contribution in [0.4, 0.5) is 20.6 Å². The van der Waals surface area contributed by atoms with E-state index in [4.69, 9.17) is 0 Å². The number of fused-ring (bicyclic) bond motifs is 1. The van der Waals surface area contributed by atoms with Crippen LogP contribution in [0.2, 0.25) is 0 Å². The van der Waals surface area contributed by atoms with Gasteiger partial charge in [-0.15, -0.1) is 0 Å². The number of benzodiazepines with no additional fused rings is 1. The number of halogens is 1. The summed E-state index contributed by atoms with van der Waals surface area (Å²) >= 11 is 0. The summed E-state index contributed by atoms with van der Waals surface area (Å²) in [4.78, 5) is 31.8. The SMILES string of the molecule is Cc1cc(C)cc(NC(=O)NC2N=C(c3ccccc3F)c3ccccc3N(C)C2=O)c1. The molecule has 0 saturated carbocycles. The second kappa shape index (κ2) is 8.63. The maximum atomic E-state index is 14.7. The van der Waals surface area contributed by atoms with Gasteiger partial charge in [-0.3, -0.25) is 4.79 Å². The number of rotatable bonds is 3. The molecule has 32 heavy (non-hydrogen) atoms. The van der Waals surface area contributed by atoms with E-state index in [9.17, 15) is 14.0 Å². The largest absolute Gasteiger partial charge is 0.321 e. The molecular formula is C25H23FN4O2. The summed E-state index contributed by atoms with van der Waals surface area (Å²) in [5.41, 5.74) is 4.35. The summed E-state index contributed by atoms with van der Waals surface area (Å²) in [5, 5.41) is 5.38. The van der Waals surface area contributed by atoms with Gasteiger partial charge in [-0.1, -0.05) is 36.4 Å². The van der Waals surface area contributed by atoms with Gasteiger partial charge in [-0.2, -0.15) is 0 Å². The Morgan fingerprint density at radius 2 is 1.59 bits per heavy atom. The number of carbonyl (C=O) groups is 2. The van der Waals surface area contributed by atoms with Crippen molar-refractivity contribution in [1.82, 2.24) is 5.32 Å². The molecular weight excluding hydrogens is 407 g/mol. The molecule has 0 fully saturated rings. The summed E-state index contributed by atoms with van der Waals surface area (Å²) in [6.45, 7) is 3.87. The van der Waals surface area contributed by atoms with E-state index in [0.717, 1.165) is 11.1 Å². The molecule has 7 heteroatoms. The fraction of sp³-hybridized carbons (Fsp3) is 0.160. The highest BCUT2D eigenvalue weighted by Crippen LogP contribution is 2.28. The first-order valence-electron chi connectivity index (χ1n) is 10.2. The van der Waals surface area contributed by atoms with Gasteiger partial charge in [0, 0.05) is 23.9 Å². The van der Waals surface area contributed by atoms with Crippen molar-refractivity contribution in [2.45, 2.75) is 20.0 Å². The average molecular weight is 430 g/mol. The predicted molar refractivity (Wildman–Crippen MR) is 124 cm³/mol. The lowest BCUT2D eigenvalue weighted by molar-refractivity contribution is -0.119. The van der Waals surface area contributed by atoms with E-state index in [1.165, 1.54) is 11.0 Å². The van der Waals surface area contributed by atoms with Crippen LogP contribution < -0.4 is 15.5 Å². The van der Waals surface area contributed by atoms with Crippen molar-refractivity contribution >= 4 is 29.0 Å². The van der Waals surface area contributed by atoms with E-state index >= 15 is 0 Å². The number of aryl methyl sites for hydroxylation is 2. The second-order valence-electron chi connectivity index (χ2n) is 7.75. The maximum Gasteiger partial charge on any atom is 0.321 e. The van der Waals surface area contributed by atoms with Gasteiger partial charge in [0.05, 0.1) is 11.4 Å². The third-order valence-electron chi connectivity index (χ3n) is 5.22. The molecule has 3 aromatic carbocycles. The number of nitrogens with one attached hydrogen (secondary N) is 2. The van der Waals surface area contributed by atoms with Crippen LogP contribution in [0.3, 0.4) is 0 Å². The van der Waals surface area contributed by atoms with E-state index in [1.54, 1.807) is 49.5 Å². The van der Waals surface area contributed by atoms with Crippen LogP contribution in [0.25, 0.3) is 0 Å². The number of urea groups is 1. The van der Waals surface area contributed by atoms with Gasteiger partial charge < -0.3 is 15.5 Å². The zero-order valence-corrected chi connectivity index (χ0v) is 18.0. The zero-order valence-electron chi connectivity index (χ0n) is 18.0. The molecule has 1 heterocycles. The van der Waals surface area contributed by atoms with Crippen molar-refractivity contribution in [2.75, 3.05) is 17.3 Å². The van der Waals surface area contributed by atoms with Crippen LogP contribution >= 0.6 is 0 Å². The minimum atomic E-state index is -1.23. The van der Waals surface area contributed by atoms with Crippen LogP contribution in [0, 0.1) is 19.7 Å². The van der Waals surface area contributed by atoms with Crippen molar-refractivity contribution in [3.05, 3.63) is 94.8 Å². The van der Waals surface area contributed by atoms with Gasteiger partial charge in [0.15, 0.2) is 0 Å². The van der Waals surface area contributed by atoms with Crippen molar-refractivity contribution in [3.63, 3.8) is 0 Å². The van der Waals surface area contributed by atoms with E-state index in [0.29, 0.717) is 22.6 Å². The first-order chi connectivity index (χ1) is 15.3. The van der Waals surface area contributed by atoms with E-state index in [-0.39, 0.29) is 5.56 Å². The minimum absolute atomic E-state index is 0.254. The van der Waals surface area contributed by atoms with E-state index < -0.39 is 23.9 Å². The van der Waals surface area contributed by atoms with E-state index in [1.807, 2.05) is 32.0 Å². The number of amides is 3. The number of hydrogen-bond acceptors (Lipinski definition) is 3. The fourth-order valence-corrected chi connectivity index (χ4v) is 3.82. The number of benzene rings is 3. The number of para-hydroxylation sites is 1. The van der Waals surface area contributed by atoms with Crippen LogP contribution in [0.1, 0.15) is 22.3 Å². The number of nitrogens with zero attached hydrogens (tertiary/aromatic N) is 2. The van der Waals surface area contributed by atoms with Crippen molar-refractivity contribution in [1.29, 1.82) is 0 Å². The molecule has 3 aromatic rings. The first kappa shape index (κ1) is 21.2. The van der Waals surface area contributed by atoms with Crippen LogP contribution in [-0.4, -0.2) is 30.9 Å². The smallest absolute Gasteiger partial charge is 0.311 e. The van der Waals surface area contributed by atoms with E-state index in [2.05, 4.69) is 15.6 Å². The molecule has 2 N–H and O–H groups in total. The molecule has 1 atom stereocenters. The Hall–Kier alpha value is -4.00. The monoisotopic (exact) mass is 430 g/mol. The van der Waals surface area contributed by atoms with Gasteiger partial charge >= 0.3 is 6.03 Å². The Balaban J connectivity index is 1.71. The lowest BCUT2D eigenvalue weighted by Crippen LogP contribution is -2.47. The number of hydrogen-bond donors (Lipinski definition) is 2. The summed E-state index contributed by atoms with van der Waals surface area (Å²) in [6, 6.07) is 18.5. The molecule has 0 bridgehead atoms. The Morgan fingerprint density at radius 1 is 0.969 bits per heavy atom. The van der Waals surface area contributed by atoms with Crippen LogP contribution in [0.15, 0.2) is 71.7 Å². The molecule has 162 valence electrons. The third kappa shape index (κ3) is 4.23. The molecule has 0 saturated heterocycles. The topological polar surface area (TPSA) is 73.8 Å². The maximum absolute atomic E-state index is 14.7. The normalized spacial score (nSPS) is 15.5. The summed E-state index contributed by atoms with van der Waals surface area (Å²) < 4.78 is 14.7. The number of likely N-dealkylation sites (N-methyl/N-ethyl adjacent to an activating group) is 1. The Morgan fingerprint density at radius 3 is 2.28 bits per heavy atom. The van der Waals surface area contributed by atoms with Gasteiger partial charge in [0.1, 0.15) is 5.82 Å². The lowest BCUT2D eigenvalue weighted by atomic mass is 10.00. The minimum Gasteiger partial charge on any atom is -0.311 e. The summed E-state index contributed by atoms with van der Waals surface area (Å²) in [7, 11) is 1.61. The summed E-state index contributed by atoms with van der Waals surface area (Å²) in [6.07, 6.45) is -1.23. The standard InChI is InChI=1S/C25H23FN4O2/c1-15-12-16(2)14-17(13-15)27-25(32)29-23-24(31)30(3)21-11-7-5-9-19(21)22(28-23)18-8-4-6-10-20(18)26/h4-14,23H,1-3H3,(H2,27,29,32). The molecule has 0 aliphatic carbocycles. The van der Waals surface area contributed by atoms with Crippen molar-refractivity contribution in [2.24, 2.45) is 4.99 Å². The van der Waals surface area contributed by atoms with Crippen molar-refractivity contribution < 1.29 is 14.0 Å². The first-order valence-corrected chi connectivity index (χ1v) is 10.2. The quantitative estimate of drug-likeness (QED) is 0.646. The number of aliphatic imine (C=N–C) groups is 1. The lowest BCUT2D eigenvalue weighted by Gasteiger charge is -2.21. The third-order valence-corrected chi connectivity index (χ3v) is 5.22. The molecule has 0 spiro atoms. The van der Waals surface area contributed by atoms with Crippen LogP contribution in [-0.2, 0) is 4.79 Å². The number of anilines is 2. The average Bonchev–Trinajstić information content (AvgIpc) is 2.84. The summed E-state index contributed by atoms with van der Waals surface area (Å²) in [5.74, 6) is -0.893. The predicted octanol–water partition coefficient (Wildman–Crippen LogP) is 4.40. The van der Waals surface area contributed by atoms with Crippen LogP contribution in [0.5, 0.6) is 0 Å². The molecule has 6 nitrogen and oxygen atoms in total. The highest BCUT2D eigenvalue weighted by Gasteiger charge is 2.31. The zero-order chi connectivity index (χ0) is 22.8. The second-order valence-corrected chi connectivity index (χ2v) is 7.75. The van der Waals surface area contributed by atoms with Crippen molar-refractivity contribution in [3.8, 4) is 0 Å². The fourth-order valence-electron chi connectivity index (χ4n) is 3.82. The molecule has 1 aliphatic rings. The van der Waals surface area contributed by atoms with Gasteiger partial charge in [0.2, 0.25) is 6.17 Å². The molecule has 4 rings (SSSR count). The highest BCUT2D eigenvalue weighted by atomic mass is 19.1. The Bertz CT molecular complexity index is 1220. The van der Waals surface area contributed by atoms with Gasteiger partial charge in [0.25, 0.3) is 5.91 Å². The highest BCUT2D eigenvalue weighted by molar-refractivity contribution is 6.20. The molecule has 3 amide bonds. The molecule has 1 aliphatic heterocycles. The molecule has 0 aromatic heterocycles. The number of carbonyl (C=O) groups excluding carboxylic acids is 2. The van der Waals surface area contributed by atoms with Gasteiger partial charge in [-0.05, 0) is 55.3 Å². The molecule has 1 unspecified atom stereocenters. The molecule has 0 radical (unpaired) electrons.